The van der Waals surface area contributed by atoms with E-state index >= 15 is 0 Å². The Morgan fingerprint density at radius 2 is 2.11 bits per heavy atom. The minimum absolute atomic E-state index is 0.0136. The lowest BCUT2D eigenvalue weighted by Crippen LogP contribution is -2.08. The average molecular weight is 279 g/mol. The van der Waals surface area contributed by atoms with Gasteiger partial charge in [-0.2, -0.15) is 8.78 Å². The monoisotopic (exact) mass is 278 g/mol. The van der Waals surface area contributed by atoms with Crippen LogP contribution in [0.1, 0.15) is 16.7 Å². The fourth-order valence-corrected chi connectivity index (χ4v) is 1.78. The van der Waals surface area contributed by atoms with Crippen LogP contribution in [0.25, 0.3) is 0 Å². The van der Waals surface area contributed by atoms with Crippen LogP contribution in [0.3, 0.4) is 0 Å². The van der Waals surface area contributed by atoms with Gasteiger partial charge in [-0.15, -0.1) is 11.6 Å². The quantitative estimate of drug-likeness (QED) is 0.613. The molecule has 0 saturated heterocycles. The summed E-state index contributed by atoms with van der Waals surface area (Å²) in [5.74, 6) is -0.273. The van der Waals surface area contributed by atoms with Crippen molar-refractivity contribution >= 4 is 17.6 Å². The van der Waals surface area contributed by atoms with E-state index in [1.54, 1.807) is 13.0 Å². The van der Waals surface area contributed by atoms with E-state index in [0.717, 1.165) is 0 Å². The summed E-state index contributed by atoms with van der Waals surface area (Å²) in [6.45, 7) is -1.28. The zero-order valence-electron chi connectivity index (χ0n) is 10.0. The molecule has 0 aromatic heterocycles. The van der Waals surface area contributed by atoms with Gasteiger partial charge in [-0.25, -0.2) is 0 Å². The standard InChI is InChI=1S/C12H13ClF2O3/c1-7-9(6-13)3-8(5-11(16)17-2)4-10(7)18-12(14)15/h3-4,12H,5-6H2,1-2H3. The minimum Gasteiger partial charge on any atom is -0.469 e. The first kappa shape index (κ1) is 14.7. The summed E-state index contributed by atoms with van der Waals surface area (Å²) in [6, 6.07) is 3.08. The number of carbonyl (C=O) groups is 1. The zero-order valence-corrected chi connectivity index (χ0v) is 10.8. The van der Waals surface area contributed by atoms with Crippen LogP contribution in [0, 0.1) is 6.92 Å². The van der Waals surface area contributed by atoms with Crippen LogP contribution in [0.4, 0.5) is 8.78 Å². The first-order valence-electron chi connectivity index (χ1n) is 5.18. The third-order valence-corrected chi connectivity index (χ3v) is 2.75. The number of ether oxygens (including phenoxy) is 2. The van der Waals surface area contributed by atoms with Gasteiger partial charge in [-0.05, 0) is 29.7 Å². The van der Waals surface area contributed by atoms with Crippen molar-refractivity contribution in [2.45, 2.75) is 25.8 Å². The van der Waals surface area contributed by atoms with Crippen LogP contribution in [0.5, 0.6) is 5.75 Å². The predicted octanol–water partition coefficient (Wildman–Crippen LogP) is 3.05. The number of methoxy groups -OCH3 is 1. The molecule has 0 spiro atoms. The second-order valence-corrected chi connectivity index (χ2v) is 3.91. The van der Waals surface area contributed by atoms with Gasteiger partial charge < -0.3 is 9.47 Å². The fourth-order valence-electron chi connectivity index (χ4n) is 1.51. The smallest absolute Gasteiger partial charge is 0.387 e. The number of halogens is 3. The molecule has 0 aliphatic carbocycles. The maximum atomic E-state index is 12.2. The highest BCUT2D eigenvalue weighted by Gasteiger charge is 2.13. The molecule has 0 amide bonds. The number of esters is 1. The Bertz CT molecular complexity index is 436. The summed E-state index contributed by atoms with van der Waals surface area (Å²) >= 11 is 5.72. The second kappa shape index (κ2) is 6.54. The van der Waals surface area contributed by atoms with Crippen molar-refractivity contribution in [1.29, 1.82) is 0 Å². The van der Waals surface area contributed by atoms with E-state index < -0.39 is 12.6 Å². The number of alkyl halides is 3. The highest BCUT2D eigenvalue weighted by atomic mass is 35.5. The van der Waals surface area contributed by atoms with Gasteiger partial charge in [-0.3, -0.25) is 4.79 Å². The van der Waals surface area contributed by atoms with Gasteiger partial charge in [-0.1, -0.05) is 6.07 Å². The van der Waals surface area contributed by atoms with Gasteiger partial charge >= 0.3 is 12.6 Å². The summed E-state index contributed by atoms with van der Waals surface area (Å²) in [4.78, 5) is 11.2. The first-order valence-corrected chi connectivity index (χ1v) is 5.71. The maximum Gasteiger partial charge on any atom is 0.387 e. The molecule has 0 atom stereocenters. The van der Waals surface area contributed by atoms with Gasteiger partial charge in [0.25, 0.3) is 0 Å². The van der Waals surface area contributed by atoms with E-state index in [1.807, 2.05) is 0 Å². The molecule has 0 aliphatic heterocycles. The maximum absolute atomic E-state index is 12.2. The van der Waals surface area contributed by atoms with Crippen molar-refractivity contribution in [2.75, 3.05) is 7.11 Å². The molecule has 0 N–H and O–H groups in total. The summed E-state index contributed by atoms with van der Waals surface area (Å²) in [5, 5.41) is 0. The Hall–Kier alpha value is -1.36. The fraction of sp³-hybridized carbons (Fsp3) is 0.417. The lowest BCUT2D eigenvalue weighted by molar-refractivity contribution is -0.139. The summed E-state index contributed by atoms with van der Waals surface area (Å²) in [7, 11) is 1.26. The van der Waals surface area contributed by atoms with Crippen LogP contribution in [0.2, 0.25) is 0 Å². The molecule has 1 aromatic rings. The Labute approximate surface area is 109 Å². The topological polar surface area (TPSA) is 35.5 Å². The SMILES string of the molecule is COC(=O)Cc1cc(CCl)c(C)c(OC(F)F)c1. The molecule has 0 saturated carbocycles. The molecule has 18 heavy (non-hydrogen) atoms. The van der Waals surface area contributed by atoms with Crippen molar-refractivity contribution in [3.63, 3.8) is 0 Å². The molecule has 0 bridgehead atoms. The molecule has 3 nitrogen and oxygen atoms in total. The average Bonchev–Trinajstić information content (AvgIpc) is 2.32. The molecule has 1 rings (SSSR count). The van der Waals surface area contributed by atoms with Gasteiger partial charge in [0.15, 0.2) is 0 Å². The number of carbonyl (C=O) groups excluding carboxylic acids is 1. The highest BCUT2D eigenvalue weighted by Crippen LogP contribution is 2.27. The van der Waals surface area contributed by atoms with Crippen LogP contribution in [-0.4, -0.2) is 19.7 Å². The molecular weight excluding hydrogens is 266 g/mol. The van der Waals surface area contributed by atoms with Crippen molar-refractivity contribution in [3.8, 4) is 5.75 Å². The molecule has 0 aliphatic rings. The van der Waals surface area contributed by atoms with Gasteiger partial charge in [0.1, 0.15) is 5.75 Å². The predicted molar refractivity (Wildman–Crippen MR) is 63.1 cm³/mol. The summed E-state index contributed by atoms with van der Waals surface area (Å²) in [5.41, 5.74) is 1.71. The first-order chi connectivity index (χ1) is 8.47. The molecule has 6 heteroatoms. The van der Waals surface area contributed by atoms with Crippen molar-refractivity contribution in [1.82, 2.24) is 0 Å². The van der Waals surface area contributed by atoms with Crippen molar-refractivity contribution in [3.05, 3.63) is 28.8 Å². The molecule has 0 heterocycles. The van der Waals surface area contributed by atoms with Crippen LogP contribution >= 0.6 is 11.6 Å². The third kappa shape index (κ3) is 3.84. The molecular formula is C12H13ClF2O3. The van der Waals surface area contributed by atoms with Crippen LogP contribution in [0.15, 0.2) is 12.1 Å². The molecule has 100 valence electrons. The Balaban J connectivity index is 3.09. The minimum atomic E-state index is -2.92. The van der Waals surface area contributed by atoms with Crippen molar-refractivity contribution < 1.29 is 23.0 Å². The Kier molecular flexibility index (Phi) is 5.34. The Morgan fingerprint density at radius 3 is 2.61 bits per heavy atom. The number of benzene rings is 1. The zero-order chi connectivity index (χ0) is 13.7. The van der Waals surface area contributed by atoms with Gasteiger partial charge in [0.2, 0.25) is 0 Å². The van der Waals surface area contributed by atoms with E-state index in [2.05, 4.69) is 9.47 Å². The van der Waals surface area contributed by atoms with E-state index in [1.165, 1.54) is 13.2 Å². The largest absolute Gasteiger partial charge is 0.469 e. The van der Waals surface area contributed by atoms with E-state index in [4.69, 9.17) is 11.6 Å². The van der Waals surface area contributed by atoms with E-state index in [9.17, 15) is 13.6 Å². The van der Waals surface area contributed by atoms with Gasteiger partial charge in [0.05, 0.1) is 13.5 Å². The van der Waals surface area contributed by atoms with E-state index in [0.29, 0.717) is 16.7 Å². The third-order valence-electron chi connectivity index (χ3n) is 2.46. The second-order valence-electron chi connectivity index (χ2n) is 3.64. The lowest BCUT2D eigenvalue weighted by atomic mass is 10.0. The van der Waals surface area contributed by atoms with Crippen LogP contribution in [-0.2, 0) is 21.8 Å². The summed E-state index contributed by atoms with van der Waals surface area (Å²) < 4.78 is 33.4. The number of rotatable bonds is 5. The molecule has 0 unspecified atom stereocenters. The number of hydrogen-bond acceptors (Lipinski definition) is 3. The molecule has 1 aromatic carbocycles. The van der Waals surface area contributed by atoms with Crippen molar-refractivity contribution in [2.24, 2.45) is 0 Å². The molecule has 0 fully saturated rings. The molecule has 0 radical (unpaired) electrons. The number of hydrogen-bond donors (Lipinski definition) is 0. The Morgan fingerprint density at radius 1 is 1.44 bits per heavy atom. The normalized spacial score (nSPS) is 10.6. The van der Waals surface area contributed by atoms with Gasteiger partial charge in [0, 0.05) is 5.88 Å². The van der Waals surface area contributed by atoms with Crippen LogP contribution < -0.4 is 4.74 Å². The highest BCUT2D eigenvalue weighted by molar-refractivity contribution is 6.17. The lowest BCUT2D eigenvalue weighted by Gasteiger charge is -2.13. The van der Waals surface area contributed by atoms with E-state index in [-0.39, 0.29) is 18.1 Å². The summed E-state index contributed by atoms with van der Waals surface area (Å²) in [6.07, 6.45) is -0.0136.